The molecule has 8 amide bonds. The zero-order valence-electron chi connectivity index (χ0n) is 55.5. The first-order chi connectivity index (χ1) is 46.5. The number of halogens is 2. The summed E-state index contributed by atoms with van der Waals surface area (Å²) in [6.07, 6.45) is 3.21. The summed E-state index contributed by atoms with van der Waals surface area (Å²) in [6, 6.07) is 16.0. The minimum absolute atomic E-state index is 0.0316. The molecule has 520 valence electrons. The summed E-state index contributed by atoms with van der Waals surface area (Å²) in [6.45, 7) is 6.81. The van der Waals surface area contributed by atoms with E-state index in [4.69, 9.17) is 10.5 Å². The van der Waals surface area contributed by atoms with Gasteiger partial charge in [-0.25, -0.2) is 8.78 Å². The predicted octanol–water partition coefficient (Wildman–Crippen LogP) is 5.94. The van der Waals surface area contributed by atoms with Crippen molar-refractivity contribution >= 4 is 98.4 Å². The molecule has 0 radical (unpaired) electrons. The number of unbranched alkanes of at least 4 members (excludes halogenated alkanes) is 1. The second-order valence-electron chi connectivity index (χ2n) is 26.0. The summed E-state index contributed by atoms with van der Waals surface area (Å²) in [7, 11) is 1.51. The van der Waals surface area contributed by atoms with Gasteiger partial charge in [0.05, 0.1) is 19.3 Å². The van der Waals surface area contributed by atoms with Gasteiger partial charge in [-0.2, -0.15) is 23.5 Å². The van der Waals surface area contributed by atoms with Crippen LogP contribution in [0.2, 0.25) is 0 Å². The summed E-state index contributed by atoms with van der Waals surface area (Å²) < 4.78 is 35.3. The highest BCUT2D eigenvalue weighted by Gasteiger charge is 2.51. The number of carbonyl (C=O) groups excluding carboxylic acids is 9. The van der Waals surface area contributed by atoms with Crippen LogP contribution in [0.15, 0.2) is 97.3 Å². The third kappa shape index (κ3) is 18.3. The third-order valence-corrected chi connectivity index (χ3v) is 20.8. The minimum Gasteiger partial charge on any atom is -0.497 e. The van der Waals surface area contributed by atoms with Gasteiger partial charge in [0, 0.05) is 115 Å². The number of methoxy groups -OCH3 is 1. The molecule has 97 heavy (non-hydrogen) atoms. The Kier molecular flexibility index (Phi) is 25.0. The predicted molar refractivity (Wildman–Crippen MR) is 369 cm³/mol. The molecule has 6 aromatic rings. The van der Waals surface area contributed by atoms with Crippen LogP contribution in [0.3, 0.4) is 0 Å². The van der Waals surface area contributed by atoms with Crippen LogP contribution in [0.1, 0.15) is 113 Å². The van der Waals surface area contributed by atoms with Gasteiger partial charge >= 0.3 is 0 Å². The van der Waals surface area contributed by atoms with Crippen molar-refractivity contribution < 1.29 is 61.8 Å². The highest BCUT2D eigenvalue weighted by atomic mass is 32.2. The number of ether oxygens (including phenoxy) is 1. The van der Waals surface area contributed by atoms with Crippen molar-refractivity contribution in [1.82, 2.24) is 51.7 Å². The molecule has 2 bridgehead atoms. The summed E-state index contributed by atoms with van der Waals surface area (Å²) in [5.41, 5.74) is 7.34. The second-order valence-corrected chi connectivity index (χ2v) is 28.2. The number of thioether (sulfide) groups is 2. The van der Waals surface area contributed by atoms with Crippen molar-refractivity contribution in [2.24, 2.45) is 11.7 Å². The van der Waals surface area contributed by atoms with E-state index in [-0.39, 0.29) is 76.3 Å². The summed E-state index contributed by atoms with van der Waals surface area (Å²) in [5.74, 6) is -5.29. The standard InChI is InChI=1S/C71H89F2N11O11S2/c1-42-31-60(86)56(13-6-7-25-74)78-61(87)22-29-96-40-45-11-8-12-46(32-45)41-97-30-26-75-68(93)70(3)23-9-27-83(70)66(91)58(33-44-14-18-51(95-5)19-15-44)81-65(90)62(43(2)85)82-69(94)71(4)24-10-28-84(71)67(92)59(35-48-39-77-55-21-17-50(73)37-53(48)55)80-64(89)57(79-63(42)88)34-47-38-76-54-20-16-49(72)36-52(47)54/h8,11-12,14-21,32,36-39,42-43,56-59,62,76-77,85H,6-7,9-10,13,22-31,33-35,40-41,74H2,1-5H3,(H,75,93)(H,78,87)(H,79,88)(H,80,89)(H,81,90)(H,82,94)/t42-,43+,56-,57-,58-,59-,62-,70-,71-/m0/s1. The maximum Gasteiger partial charge on any atom is 0.246 e. The number of hydrogen-bond acceptors (Lipinski definition) is 14. The fourth-order valence-electron chi connectivity index (χ4n) is 13.1. The van der Waals surface area contributed by atoms with E-state index in [1.54, 1.807) is 67.1 Å². The first-order valence-corrected chi connectivity index (χ1v) is 35.5. The van der Waals surface area contributed by atoms with Crippen LogP contribution < -0.4 is 42.4 Å². The average Bonchev–Trinajstić information content (AvgIpc) is 1.70. The Balaban J connectivity index is 1.04. The molecule has 9 rings (SSSR count). The Hall–Kier alpha value is -8.33. The largest absolute Gasteiger partial charge is 0.497 e. The van der Waals surface area contributed by atoms with Crippen LogP contribution >= 0.6 is 23.5 Å². The lowest BCUT2D eigenvalue weighted by molar-refractivity contribution is -0.149. The van der Waals surface area contributed by atoms with Crippen LogP contribution in [-0.2, 0) is 73.9 Å². The number of Topliss-reactive ketones (excluding diaryl/α,β-unsaturated/α-hetero) is 1. The molecular weight excluding hydrogens is 1280 g/mol. The molecule has 3 aliphatic rings. The van der Waals surface area contributed by atoms with Gasteiger partial charge in [-0.05, 0) is 149 Å². The van der Waals surface area contributed by atoms with Gasteiger partial charge in [-0.1, -0.05) is 43.3 Å². The minimum atomic E-state index is -1.76. The highest BCUT2D eigenvalue weighted by molar-refractivity contribution is 7.98. The normalized spacial score (nSPS) is 25.1. The first kappa shape index (κ1) is 72.9. The Morgan fingerprint density at radius 3 is 1.79 bits per heavy atom. The molecule has 2 fully saturated rings. The average molecular weight is 1370 g/mol. The molecule has 22 nitrogen and oxygen atoms in total. The number of benzene rings is 4. The molecule has 4 aromatic carbocycles. The molecule has 5 heterocycles. The molecule has 26 heteroatoms. The SMILES string of the molecule is COc1ccc(C[C@@H]2NC(=O)[C@H]([C@@H](C)O)NC(=O)[C@]3(C)CCCN3C(=O)[C@H](Cc3c[nH]c4ccc(F)cc34)NC(=O)[C@H](Cc3c[nH]c4ccc(F)cc34)NC(=O)[C@@H](C)CC(=O)[C@H](CCCCN)NC(=O)CCSCc3cccc(c3)CSCCNC(=O)[C@]3(C)CCCN3C2=O)cc1. The van der Waals surface area contributed by atoms with Gasteiger partial charge < -0.3 is 67.2 Å². The van der Waals surface area contributed by atoms with Crippen molar-refractivity contribution in [3.63, 3.8) is 0 Å². The number of nitrogens with two attached hydrogens (primary N) is 1. The smallest absolute Gasteiger partial charge is 0.246 e. The van der Waals surface area contributed by atoms with E-state index in [2.05, 4.69) is 47.9 Å². The molecule has 3 aliphatic heterocycles. The van der Waals surface area contributed by atoms with E-state index < -0.39 is 106 Å². The number of aromatic nitrogens is 2. The Labute approximate surface area is 571 Å². The number of aliphatic hydroxyl groups is 1. The molecule has 2 saturated heterocycles. The zero-order valence-corrected chi connectivity index (χ0v) is 57.1. The fraction of sp³-hybridized carbons (Fsp3) is 0.479. The van der Waals surface area contributed by atoms with Crippen LogP contribution in [0.25, 0.3) is 21.8 Å². The number of H-pyrrole nitrogens is 2. The lowest BCUT2D eigenvalue weighted by atomic mass is 9.94. The molecular formula is C71H89F2N11O11S2. The van der Waals surface area contributed by atoms with E-state index in [9.17, 15) is 33.5 Å². The van der Waals surface area contributed by atoms with Crippen LogP contribution in [0.5, 0.6) is 5.75 Å². The monoisotopic (exact) mass is 1370 g/mol. The van der Waals surface area contributed by atoms with Gasteiger partial charge in [0.15, 0.2) is 5.78 Å². The maximum atomic E-state index is 15.6. The topological polar surface area (TPSA) is 319 Å². The van der Waals surface area contributed by atoms with Crippen LogP contribution in [-0.4, -0.2) is 170 Å². The molecule has 9 atom stereocenters. The summed E-state index contributed by atoms with van der Waals surface area (Å²) in [5, 5.41) is 29.3. The van der Waals surface area contributed by atoms with Crippen LogP contribution in [0.4, 0.5) is 8.78 Å². The summed E-state index contributed by atoms with van der Waals surface area (Å²) >= 11 is 3.18. The molecule has 0 unspecified atom stereocenters. The number of aliphatic hydroxyl groups excluding tert-OH is 1. The number of fused-ring (bicyclic) bond motifs is 6. The Morgan fingerprint density at radius 1 is 0.649 bits per heavy atom. The van der Waals surface area contributed by atoms with E-state index >= 15 is 23.6 Å². The van der Waals surface area contributed by atoms with Gasteiger partial charge in [-0.3, -0.25) is 43.2 Å². The third-order valence-electron chi connectivity index (χ3n) is 18.8. The van der Waals surface area contributed by atoms with Gasteiger partial charge in [0.2, 0.25) is 47.3 Å². The Bertz CT molecular complexity index is 3830. The number of hydrogen-bond donors (Lipinski definition) is 10. The fourth-order valence-corrected chi connectivity index (χ4v) is 14.8. The van der Waals surface area contributed by atoms with E-state index in [0.717, 1.165) is 11.1 Å². The zero-order chi connectivity index (χ0) is 69.6. The number of rotatable bonds is 12. The number of amides is 8. The van der Waals surface area contributed by atoms with Crippen molar-refractivity contribution in [2.45, 2.75) is 164 Å². The van der Waals surface area contributed by atoms with Gasteiger partial charge in [-0.15, -0.1) is 0 Å². The molecule has 11 N–H and O–H groups in total. The number of nitrogens with zero attached hydrogens (tertiary/aromatic N) is 2. The number of aromatic amines is 2. The quantitative estimate of drug-likeness (QED) is 0.0634. The lowest BCUT2D eigenvalue weighted by Gasteiger charge is -2.38. The number of carbonyl (C=O) groups is 9. The highest BCUT2D eigenvalue weighted by Crippen LogP contribution is 2.34. The molecule has 0 spiro atoms. The van der Waals surface area contributed by atoms with Gasteiger partial charge in [0.25, 0.3) is 0 Å². The van der Waals surface area contributed by atoms with Crippen LogP contribution in [0, 0.1) is 17.6 Å². The molecule has 2 aromatic heterocycles. The van der Waals surface area contributed by atoms with Crippen molar-refractivity contribution in [1.29, 1.82) is 0 Å². The first-order valence-electron chi connectivity index (χ1n) is 33.2. The van der Waals surface area contributed by atoms with E-state index in [1.807, 2.05) is 18.2 Å². The van der Waals surface area contributed by atoms with E-state index in [1.165, 1.54) is 74.1 Å². The van der Waals surface area contributed by atoms with Crippen molar-refractivity contribution in [2.75, 3.05) is 44.8 Å². The maximum absolute atomic E-state index is 15.6. The Morgan fingerprint density at radius 2 is 1.21 bits per heavy atom. The lowest BCUT2D eigenvalue weighted by Crippen LogP contribution is -2.65. The number of ketones is 1. The van der Waals surface area contributed by atoms with Crippen molar-refractivity contribution in [3.05, 3.63) is 137 Å². The molecule has 0 aliphatic carbocycles. The second kappa shape index (κ2) is 33.3. The van der Waals surface area contributed by atoms with E-state index in [0.29, 0.717) is 106 Å². The van der Waals surface area contributed by atoms with Gasteiger partial charge in [0.1, 0.15) is 52.6 Å². The summed E-state index contributed by atoms with van der Waals surface area (Å²) in [4.78, 5) is 142. The van der Waals surface area contributed by atoms with Crippen molar-refractivity contribution in [3.8, 4) is 5.75 Å². The number of nitrogens with one attached hydrogen (secondary N) is 8. The molecule has 0 saturated carbocycles.